The Labute approximate surface area is 257 Å². The lowest BCUT2D eigenvalue weighted by Gasteiger charge is -2.36. The molecular formula is C32H36ClN3O6S. The highest BCUT2D eigenvalue weighted by atomic mass is 35.5. The number of carbonyl (C=O) groups is 3. The SMILES string of the molecule is CC(C)C1CC[C@@H](C)CC1OC(=O)c1ccc(C(=O)NS(=O)(=O)c2cccc(CCNC(=O)c3ccc(Cl)cc3)c2)cn1. The van der Waals surface area contributed by atoms with Gasteiger partial charge in [-0.15, -0.1) is 0 Å². The number of pyridine rings is 1. The van der Waals surface area contributed by atoms with E-state index >= 15 is 0 Å². The Balaban J connectivity index is 1.33. The third-order valence-corrected chi connectivity index (χ3v) is 9.28. The van der Waals surface area contributed by atoms with Crippen LogP contribution in [0, 0.1) is 17.8 Å². The average Bonchev–Trinajstić information content (AvgIpc) is 2.97. The van der Waals surface area contributed by atoms with Crippen molar-refractivity contribution >= 4 is 39.4 Å². The van der Waals surface area contributed by atoms with E-state index in [1.165, 1.54) is 24.3 Å². The highest BCUT2D eigenvalue weighted by Gasteiger charge is 2.34. The summed E-state index contributed by atoms with van der Waals surface area (Å²) in [5.41, 5.74) is 1.15. The zero-order chi connectivity index (χ0) is 31.1. The Morgan fingerprint density at radius 2 is 1.72 bits per heavy atom. The molecule has 0 spiro atoms. The highest BCUT2D eigenvalue weighted by molar-refractivity contribution is 7.90. The number of sulfonamides is 1. The van der Waals surface area contributed by atoms with Crippen LogP contribution in [0.25, 0.3) is 0 Å². The highest BCUT2D eigenvalue weighted by Crippen LogP contribution is 2.35. The van der Waals surface area contributed by atoms with Crippen molar-refractivity contribution < 1.29 is 27.5 Å². The number of carbonyl (C=O) groups excluding carboxylic acids is 3. The van der Waals surface area contributed by atoms with E-state index in [9.17, 15) is 22.8 Å². The summed E-state index contributed by atoms with van der Waals surface area (Å²) < 4.78 is 33.8. The Hall–Kier alpha value is -3.76. The van der Waals surface area contributed by atoms with Gasteiger partial charge in [0.1, 0.15) is 11.8 Å². The van der Waals surface area contributed by atoms with Gasteiger partial charge >= 0.3 is 5.97 Å². The van der Waals surface area contributed by atoms with Crippen LogP contribution in [0.2, 0.25) is 5.02 Å². The first-order valence-corrected chi connectivity index (χ1v) is 16.2. The maximum Gasteiger partial charge on any atom is 0.357 e. The van der Waals surface area contributed by atoms with Gasteiger partial charge in [-0.3, -0.25) is 9.59 Å². The van der Waals surface area contributed by atoms with Crippen molar-refractivity contribution in [3.05, 3.63) is 94.3 Å². The van der Waals surface area contributed by atoms with Crippen LogP contribution in [0.5, 0.6) is 0 Å². The van der Waals surface area contributed by atoms with Crippen LogP contribution in [-0.4, -0.2) is 43.8 Å². The molecule has 43 heavy (non-hydrogen) atoms. The smallest absolute Gasteiger partial charge is 0.357 e. The third kappa shape index (κ3) is 8.64. The second-order valence-electron chi connectivity index (χ2n) is 11.3. The number of amides is 2. The minimum Gasteiger partial charge on any atom is -0.457 e. The van der Waals surface area contributed by atoms with Gasteiger partial charge in [-0.1, -0.05) is 50.9 Å². The maximum absolute atomic E-state index is 13.0. The molecule has 1 heterocycles. The zero-order valence-electron chi connectivity index (χ0n) is 24.4. The van der Waals surface area contributed by atoms with E-state index in [4.69, 9.17) is 16.3 Å². The predicted molar refractivity (Wildman–Crippen MR) is 163 cm³/mol. The summed E-state index contributed by atoms with van der Waals surface area (Å²) in [6.45, 7) is 6.68. The molecule has 3 aromatic rings. The summed E-state index contributed by atoms with van der Waals surface area (Å²) in [4.78, 5) is 41.8. The van der Waals surface area contributed by atoms with Crippen LogP contribution in [0.1, 0.15) is 76.8 Å². The number of hydrogen-bond acceptors (Lipinski definition) is 7. The van der Waals surface area contributed by atoms with E-state index in [-0.39, 0.29) is 40.6 Å². The van der Waals surface area contributed by atoms with Crippen LogP contribution in [0.3, 0.4) is 0 Å². The lowest BCUT2D eigenvalue weighted by atomic mass is 9.75. The van der Waals surface area contributed by atoms with Gasteiger partial charge in [0, 0.05) is 23.3 Å². The van der Waals surface area contributed by atoms with Gasteiger partial charge in [0.25, 0.3) is 21.8 Å². The van der Waals surface area contributed by atoms with Crippen molar-refractivity contribution in [3.8, 4) is 0 Å². The molecule has 11 heteroatoms. The van der Waals surface area contributed by atoms with Gasteiger partial charge in [-0.2, -0.15) is 0 Å². The summed E-state index contributed by atoms with van der Waals surface area (Å²) in [6.07, 6.45) is 4.24. The molecule has 0 aliphatic heterocycles. The van der Waals surface area contributed by atoms with Crippen molar-refractivity contribution in [1.29, 1.82) is 0 Å². The number of hydrogen-bond donors (Lipinski definition) is 2. The van der Waals surface area contributed by atoms with Gasteiger partial charge in [-0.05, 0) is 91.1 Å². The lowest BCUT2D eigenvalue weighted by molar-refractivity contribution is -0.0179. The summed E-state index contributed by atoms with van der Waals surface area (Å²) >= 11 is 5.85. The fourth-order valence-electron chi connectivity index (χ4n) is 5.23. The molecule has 0 saturated heterocycles. The van der Waals surface area contributed by atoms with E-state index in [0.717, 1.165) is 25.5 Å². The molecular weight excluding hydrogens is 590 g/mol. The van der Waals surface area contributed by atoms with E-state index < -0.39 is 21.9 Å². The zero-order valence-corrected chi connectivity index (χ0v) is 26.0. The Bertz CT molecular complexity index is 1560. The molecule has 2 aromatic carbocycles. The molecule has 1 aliphatic rings. The quantitative estimate of drug-likeness (QED) is 0.287. The van der Waals surface area contributed by atoms with Gasteiger partial charge in [0.05, 0.1) is 10.5 Å². The van der Waals surface area contributed by atoms with Crippen molar-refractivity contribution in [2.75, 3.05) is 6.54 Å². The van der Waals surface area contributed by atoms with Gasteiger partial charge < -0.3 is 10.1 Å². The van der Waals surface area contributed by atoms with E-state index in [2.05, 4.69) is 35.8 Å². The largest absolute Gasteiger partial charge is 0.457 e. The fraction of sp³-hybridized carbons (Fsp3) is 0.375. The first kappa shape index (κ1) is 32.2. The minimum atomic E-state index is -4.20. The van der Waals surface area contributed by atoms with Crippen LogP contribution in [-0.2, 0) is 21.2 Å². The van der Waals surface area contributed by atoms with Crippen LogP contribution >= 0.6 is 11.6 Å². The lowest BCUT2D eigenvalue weighted by Crippen LogP contribution is -2.36. The topological polar surface area (TPSA) is 132 Å². The molecule has 2 amide bonds. The molecule has 1 aliphatic carbocycles. The fourth-order valence-corrected chi connectivity index (χ4v) is 6.40. The van der Waals surface area contributed by atoms with Crippen molar-refractivity contribution in [2.24, 2.45) is 17.8 Å². The summed E-state index contributed by atoms with van der Waals surface area (Å²) in [5, 5.41) is 3.31. The van der Waals surface area contributed by atoms with Crippen LogP contribution < -0.4 is 10.0 Å². The molecule has 228 valence electrons. The summed E-state index contributed by atoms with van der Waals surface area (Å²) in [6, 6.07) is 15.3. The monoisotopic (exact) mass is 625 g/mol. The number of halogens is 1. The number of aromatic nitrogens is 1. The van der Waals surface area contributed by atoms with Crippen molar-refractivity contribution in [1.82, 2.24) is 15.0 Å². The summed E-state index contributed by atoms with van der Waals surface area (Å²) in [5.74, 6) is -0.589. The average molecular weight is 626 g/mol. The van der Waals surface area contributed by atoms with Crippen molar-refractivity contribution in [2.45, 2.75) is 57.5 Å². The van der Waals surface area contributed by atoms with E-state index in [0.29, 0.717) is 34.4 Å². The molecule has 0 bridgehead atoms. The standard InChI is InChI=1S/C32H36ClN3O6S/c1-20(2)27-13-7-21(3)17-29(27)42-32(39)28-14-10-24(19-35-28)31(38)36-43(40,41)26-6-4-5-22(18-26)15-16-34-30(37)23-8-11-25(33)12-9-23/h4-6,8-12,14,18-21,27,29H,7,13,15-17H2,1-3H3,(H,34,37)(H,36,38)/t21-,27?,29?/m1/s1. The molecule has 1 fully saturated rings. The second kappa shape index (κ2) is 14.1. The van der Waals surface area contributed by atoms with Crippen molar-refractivity contribution in [3.63, 3.8) is 0 Å². The number of nitrogens with one attached hydrogen (secondary N) is 2. The van der Waals surface area contributed by atoms with Crippen LogP contribution in [0.15, 0.2) is 71.8 Å². The molecule has 0 radical (unpaired) electrons. The Morgan fingerprint density at radius 3 is 2.40 bits per heavy atom. The first-order chi connectivity index (χ1) is 20.4. The third-order valence-electron chi connectivity index (χ3n) is 7.70. The normalized spacial score (nSPS) is 18.6. The molecule has 4 rings (SSSR count). The Morgan fingerprint density at radius 1 is 1.00 bits per heavy atom. The van der Waals surface area contributed by atoms with Gasteiger partial charge in [0.15, 0.2) is 0 Å². The number of rotatable bonds is 10. The molecule has 9 nitrogen and oxygen atoms in total. The predicted octanol–water partition coefficient (Wildman–Crippen LogP) is 5.44. The van der Waals surface area contributed by atoms with Gasteiger partial charge in [-0.25, -0.2) is 22.9 Å². The van der Waals surface area contributed by atoms with Crippen LogP contribution in [0.4, 0.5) is 0 Å². The molecule has 1 aromatic heterocycles. The van der Waals surface area contributed by atoms with E-state index in [1.807, 2.05) is 0 Å². The molecule has 3 atom stereocenters. The molecule has 2 N–H and O–H groups in total. The number of esters is 1. The second-order valence-corrected chi connectivity index (χ2v) is 13.4. The maximum atomic E-state index is 13.0. The Kier molecular flexibility index (Phi) is 10.6. The number of nitrogens with zero attached hydrogens (tertiary/aromatic N) is 1. The number of ether oxygens (including phenoxy) is 1. The first-order valence-electron chi connectivity index (χ1n) is 14.3. The van der Waals surface area contributed by atoms with E-state index in [1.54, 1.807) is 36.4 Å². The minimum absolute atomic E-state index is 0.0208. The molecule has 1 saturated carbocycles. The molecule has 2 unspecified atom stereocenters. The summed E-state index contributed by atoms with van der Waals surface area (Å²) in [7, 11) is -4.20. The van der Waals surface area contributed by atoms with Gasteiger partial charge in [0.2, 0.25) is 0 Å². The number of benzene rings is 2.